The van der Waals surface area contributed by atoms with Crippen LogP contribution in [0.3, 0.4) is 0 Å². The SMILES string of the molecule is CCN(CCCl)c1ccc(CCC=O)cc1. The minimum atomic E-state index is 0.596. The van der Waals surface area contributed by atoms with Crippen LogP contribution in [0.2, 0.25) is 0 Å². The minimum absolute atomic E-state index is 0.596. The van der Waals surface area contributed by atoms with E-state index in [0.717, 1.165) is 25.8 Å². The van der Waals surface area contributed by atoms with Crippen molar-refractivity contribution in [2.45, 2.75) is 19.8 Å². The fraction of sp³-hybridized carbons (Fsp3) is 0.462. The summed E-state index contributed by atoms with van der Waals surface area (Å²) in [5.41, 5.74) is 2.40. The lowest BCUT2D eigenvalue weighted by atomic mass is 10.1. The van der Waals surface area contributed by atoms with E-state index in [2.05, 4.69) is 36.1 Å². The Bertz CT molecular complexity index is 310. The molecular formula is C13H18ClNO. The second kappa shape index (κ2) is 7.29. The quantitative estimate of drug-likeness (QED) is 0.539. The number of hydrogen-bond acceptors (Lipinski definition) is 2. The largest absolute Gasteiger partial charge is 0.371 e. The Morgan fingerprint density at radius 1 is 1.31 bits per heavy atom. The molecule has 88 valence electrons. The van der Waals surface area contributed by atoms with E-state index in [1.807, 2.05) is 0 Å². The summed E-state index contributed by atoms with van der Waals surface area (Å²) in [5.74, 6) is 0.640. The van der Waals surface area contributed by atoms with Gasteiger partial charge in [-0.2, -0.15) is 0 Å². The van der Waals surface area contributed by atoms with Gasteiger partial charge in [0.05, 0.1) is 0 Å². The highest BCUT2D eigenvalue weighted by Crippen LogP contribution is 2.15. The van der Waals surface area contributed by atoms with E-state index in [0.29, 0.717) is 12.3 Å². The van der Waals surface area contributed by atoms with Gasteiger partial charge in [-0.3, -0.25) is 0 Å². The van der Waals surface area contributed by atoms with Crippen LogP contribution in [0.25, 0.3) is 0 Å². The molecule has 0 aliphatic rings. The maximum absolute atomic E-state index is 10.3. The van der Waals surface area contributed by atoms with Crippen molar-refractivity contribution in [1.29, 1.82) is 0 Å². The van der Waals surface area contributed by atoms with Crippen LogP contribution in [0.15, 0.2) is 24.3 Å². The molecule has 16 heavy (non-hydrogen) atoms. The molecule has 0 radical (unpaired) electrons. The van der Waals surface area contributed by atoms with E-state index < -0.39 is 0 Å². The van der Waals surface area contributed by atoms with Crippen LogP contribution in [0.4, 0.5) is 5.69 Å². The highest BCUT2D eigenvalue weighted by atomic mass is 35.5. The van der Waals surface area contributed by atoms with Crippen molar-refractivity contribution in [3.05, 3.63) is 29.8 Å². The Morgan fingerprint density at radius 2 is 2.00 bits per heavy atom. The molecule has 0 aromatic heterocycles. The molecular weight excluding hydrogens is 222 g/mol. The molecule has 0 saturated heterocycles. The molecule has 0 saturated carbocycles. The molecule has 0 unspecified atom stereocenters. The number of carbonyl (C=O) groups excluding carboxylic acids is 1. The Labute approximate surface area is 102 Å². The molecule has 0 aliphatic heterocycles. The third-order valence-electron chi connectivity index (χ3n) is 2.59. The number of anilines is 1. The number of aryl methyl sites for hydroxylation is 1. The number of hydrogen-bond donors (Lipinski definition) is 0. The zero-order chi connectivity index (χ0) is 11.8. The molecule has 0 N–H and O–H groups in total. The average molecular weight is 240 g/mol. The molecule has 0 aliphatic carbocycles. The third kappa shape index (κ3) is 3.86. The Morgan fingerprint density at radius 3 is 2.50 bits per heavy atom. The first kappa shape index (κ1) is 13.0. The second-order valence-electron chi connectivity index (χ2n) is 3.64. The van der Waals surface area contributed by atoms with Gasteiger partial charge in [-0.25, -0.2) is 0 Å². The number of nitrogens with zero attached hydrogens (tertiary/aromatic N) is 1. The number of benzene rings is 1. The maximum atomic E-state index is 10.3. The number of halogens is 1. The molecule has 2 nitrogen and oxygen atoms in total. The summed E-state index contributed by atoms with van der Waals surface area (Å²) in [7, 11) is 0. The van der Waals surface area contributed by atoms with Gasteiger partial charge < -0.3 is 9.69 Å². The zero-order valence-electron chi connectivity index (χ0n) is 9.66. The Kier molecular flexibility index (Phi) is 5.94. The molecule has 1 aromatic carbocycles. The van der Waals surface area contributed by atoms with Gasteiger partial charge in [-0.1, -0.05) is 12.1 Å². The van der Waals surface area contributed by atoms with E-state index in [-0.39, 0.29) is 0 Å². The monoisotopic (exact) mass is 239 g/mol. The van der Waals surface area contributed by atoms with Crippen molar-refractivity contribution in [3.63, 3.8) is 0 Å². The molecule has 0 heterocycles. The zero-order valence-corrected chi connectivity index (χ0v) is 10.4. The summed E-state index contributed by atoms with van der Waals surface area (Å²) < 4.78 is 0. The van der Waals surface area contributed by atoms with Crippen LogP contribution >= 0.6 is 11.6 Å². The highest BCUT2D eigenvalue weighted by Gasteiger charge is 2.02. The van der Waals surface area contributed by atoms with Gasteiger partial charge in [0.1, 0.15) is 6.29 Å². The van der Waals surface area contributed by atoms with E-state index >= 15 is 0 Å². The van der Waals surface area contributed by atoms with Crippen LogP contribution < -0.4 is 4.90 Å². The van der Waals surface area contributed by atoms with Crippen LogP contribution in [0, 0.1) is 0 Å². The molecule has 1 rings (SSSR count). The van der Waals surface area contributed by atoms with Gasteiger partial charge in [0.15, 0.2) is 0 Å². The fourth-order valence-corrected chi connectivity index (χ4v) is 1.87. The standard InChI is InChI=1S/C13H18ClNO/c1-2-15(10-9-14)13-7-5-12(6-8-13)4-3-11-16/h5-8,11H,2-4,9-10H2,1H3. The Balaban J connectivity index is 2.64. The average Bonchev–Trinajstić information content (AvgIpc) is 2.34. The highest BCUT2D eigenvalue weighted by molar-refractivity contribution is 6.18. The summed E-state index contributed by atoms with van der Waals surface area (Å²) >= 11 is 5.74. The van der Waals surface area contributed by atoms with E-state index in [1.54, 1.807) is 0 Å². The van der Waals surface area contributed by atoms with E-state index in [9.17, 15) is 4.79 Å². The number of aldehydes is 1. The molecule has 0 atom stereocenters. The first-order valence-electron chi connectivity index (χ1n) is 5.65. The minimum Gasteiger partial charge on any atom is -0.371 e. The predicted molar refractivity (Wildman–Crippen MR) is 69.4 cm³/mol. The molecule has 3 heteroatoms. The Hall–Kier alpha value is -1.02. The van der Waals surface area contributed by atoms with Crippen molar-refractivity contribution in [1.82, 2.24) is 0 Å². The van der Waals surface area contributed by atoms with E-state index in [1.165, 1.54) is 11.3 Å². The molecule has 0 fully saturated rings. The van der Waals surface area contributed by atoms with Crippen LogP contribution in [-0.2, 0) is 11.2 Å². The van der Waals surface area contributed by atoms with Crippen LogP contribution in [0.1, 0.15) is 18.9 Å². The summed E-state index contributed by atoms with van der Waals surface area (Å²) in [6, 6.07) is 8.35. The van der Waals surface area contributed by atoms with Crippen LogP contribution in [-0.4, -0.2) is 25.3 Å². The smallest absolute Gasteiger partial charge is 0.120 e. The molecule has 0 amide bonds. The van der Waals surface area contributed by atoms with E-state index in [4.69, 9.17) is 11.6 Å². The van der Waals surface area contributed by atoms with Crippen molar-refractivity contribution in [3.8, 4) is 0 Å². The number of carbonyl (C=O) groups is 1. The van der Waals surface area contributed by atoms with Crippen molar-refractivity contribution in [2.24, 2.45) is 0 Å². The van der Waals surface area contributed by atoms with Gasteiger partial charge in [0.2, 0.25) is 0 Å². The lowest BCUT2D eigenvalue weighted by molar-refractivity contribution is -0.107. The van der Waals surface area contributed by atoms with Gasteiger partial charge in [-0.15, -0.1) is 11.6 Å². The lowest BCUT2D eigenvalue weighted by Crippen LogP contribution is -2.24. The van der Waals surface area contributed by atoms with Gasteiger partial charge in [0, 0.05) is 31.1 Å². The third-order valence-corrected chi connectivity index (χ3v) is 2.76. The summed E-state index contributed by atoms with van der Waals surface area (Å²) in [6.07, 6.45) is 2.38. The van der Waals surface area contributed by atoms with Crippen molar-refractivity contribution < 1.29 is 4.79 Å². The topological polar surface area (TPSA) is 20.3 Å². The van der Waals surface area contributed by atoms with Crippen molar-refractivity contribution >= 4 is 23.6 Å². The fourth-order valence-electron chi connectivity index (χ4n) is 1.67. The number of rotatable bonds is 7. The first-order chi connectivity index (χ1) is 7.81. The first-order valence-corrected chi connectivity index (χ1v) is 6.18. The van der Waals surface area contributed by atoms with Gasteiger partial charge in [-0.05, 0) is 31.0 Å². The summed E-state index contributed by atoms with van der Waals surface area (Å²) in [5, 5.41) is 0. The summed E-state index contributed by atoms with van der Waals surface area (Å²) in [6.45, 7) is 3.94. The molecule has 0 spiro atoms. The second-order valence-corrected chi connectivity index (χ2v) is 4.02. The molecule has 1 aromatic rings. The van der Waals surface area contributed by atoms with Gasteiger partial charge >= 0.3 is 0 Å². The number of alkyl halides is 1. The maximum Gasteiger partial charge on any atom is 0.120 e. The predicted octanol–water partition coefficient (Wildman–Crippen LogP) is 2.88. The normalized spacial score (nSPS) is 10.1. The van der Waals surface area contributed by atoms with Crippen LogP contribution in [0.5, 0.6) is 0 Å². The van der Waals surface area contributed by atoms with Gasteiger partial charge in [0.25, 0.3) is 0 Å². The molecule has 0 bridgehead atoms. The summed E-state index contributed by atoms with van der Waals surface area (Å²) in [4.78, 5) is 12.5. The lowest BCUT2D eigenvalue weighted by Gasteiger charge is -2.22. The van der Waals surface area contributed by atoms with Crippen molar-refractivity contribution in [2.75, 3.05) is 23.9 Å².